The first kappa shape index (κ1) is 26.7. The summed E-state index contributed by atoms with van der Waals surface area (Å²) in [7, 11) is 0. The smallest absolute Gasteiger partial charge is 0.306 e. The summed E-state index contributed by atoms with van der Waals surface area (Å²) < 4.78 is 20.6. The molecular formula is C31H34FN3O4S. The van der Waals surface area contributed by atoms with Gasteiger partial charge in [-0.25, -0.2) is 9.37 Å². The minimum absolute atomic E-state index is 0.0797. The molecule has 2 aromatic carbocycles. The zero-order valence-electron chi connectivity index (χ0n) is 22.6. The van der Waals surface area contributed by atoms with E-state index in [2.05, 4.69) is 4.90 Å². The minimum Gasteiger partial charge on any atom is -0.488 e. The van der Waals surface area contributed by atoms with Gasteiger partial charge in [-0.2, -0.15) is 0 Å². The number of ether oxygens (including phenoxy) is 1. The molecule has 40 heavy (non-hydrogen) atoms. The van der Waals surface area contributed by atoms with Gasteiger partial charge in [-0.05, 0) is 93.3 Å². The molecule has 1 amide bonds. The second-order valence-corrected chi connectivity index (χ2v) is 12.1. The highest BCUT2D eigenvalue weighted by atomic mass is 32.1. The van der Waals surface area contributed by atoms with Crippen LogP contribution >= 0.6 is 11.3 Å². The number of amides is 1. The summed E-state index contributed by atoms with van der Waals surface area (Å²) in [5, 5.41) is 12.3. The maximum Gasteiger partial charge on any atom is 0.306 e. The summed E-state index contributed by atoms with van der Waals surface area (Å²) in [5.74, 6) is -0.751. The molecule has 0 saturated carbocycles. The number of aryl methyl sites for hydroxylation is 1. The van der Waals surface area contributed by atoms with E-state index in [9.17, 15) is 19.1 Å². The Morgan fingerprint density at radius 3 is 2.52 bits per heavy atom. The quantitative estimate of drug-likeness (QED) is 0.364. The molecule has 0 spiro atoms. The monoisotopic (exact) mass is 563 g/mol. The molecule has 210 valence electrons. The number of carbonyl (C=O) groups is 2. The molecule has 1 N–H and O–H groups in total. The van der Waals surface area contributed by atoms with Crippen LogP contribution < -0.4 is 9.64 Å². The minimum atomic E-state index is -0.712. The van der Waals surface area contributed by atoms with Crippen molar-refractivity contribution in [2.45, 2.75) is 70.6 Å². The Morgan fingerprint density at radius 1 is 1.07 bits per heavy atom. The summed E-state index contributed by atoms with van der Waals surface area (Å²) in [6, 6.07) is 10.5. The van der Waals surface area contributed by atoms with Gasteiger partial charge in [0.2, 0.25) is 0 Å². The van der Waals surface area contributed by atoms with Crippen LogP contribution in [0.3, 0.4) is 0 Å². The lowest BCUT2D eigenvalue weighted by Gasteiger charge is -2.37. The third kappa shape index (κ3) is 5.31. The summed E-state index contributed by atoms with van der Waals surface area (Å²) in [5.41, 5.74) is 3.87. The van der Waals surface area contributed by atoms with Crippen LogP contribution in [0.2, 0.25) is 0 Å². The highest BCUT2D eigenvalue weighted by Crippen LogP contribution is 2.44. The number of carboxylic acid groups (broad SMARTS) is 1. The van der Waals surface area contributed by atoms with Crippen LogP contribution in [0, 0.1) is 18.7 Å². The fourth-order valence-electron chi connectivity index (χ4n) is 6.45. The molecule has 3 saturated heterocycles. The molecule has 4 heterocycles. The van der Waals surface area contributed by atoms with Crippen molar-refractivity contribution in [1.29, 1.82) is 0 Å². The van der Waals surface area contributed by atoms with Gasteiger partial charge in [0.1, 0.15) is 18.2 Å². The zero-order chi connectivity index (χ0) is 27.8. The number of aromatic nitrogens is 1. The number of piperidine rings is 2. The van der Waals surface area contributed by atoms with E-state index >= 15 is 0 Å². The van der Waals surface area contributed by atoms with Crippen molar-refractivity contribution in [2.75, 3.05) is 18.0 Å². The molecule has 0 aliphatic carbocycles. The van der Waals surface area contributed by atoms with E-state index in [-0.39, 0.29) is 36.3 Å². The van der Waals surface area contributed by atoms with Gasteiger partial charge in [0, 0.05) is 41.7 Å². The number of benzene rings is 2. The summed E-state index contributed by atoms with van der Waals surface area (Å²) >= 11 is 1.51. The predicted octanol–water partition coefficient (Wildman–Crippen LogP) is 6.29. The molecule has 1 aromatic heterocycles. The maximum atomic E-state index is 14.4. The standard InChI is InChI=1S/C31H34FN3O4S/c1-19-13-20(29(36)34-11-3-2-4-12-34)5-6-21(19)17-39-28-10-7-23(32)16-26(28)27-18-40-31(33-27)35-24-8-9-25(35)15-22(14-24)30(37)38/h5-7,10,13,16,18,22,24-25H,2-4,8-9,11-12,14-15,17H2,1H3,(H,37,38). The molecule has 2 bridgehead atoms. The van der Waals surface area contributed by atoms with Gasteiger partial charge in [-0.15, -0.1) is 11.3 Å². The summed E-state index contributed by atoms with van der Waals surface area (Å²) in [6.07, 6.45) is 6.51. The summed E-state index contributed by atoms with van der Waals surface area (Å²) in [4.78, 5) is 33.6. The molecule has 3 aliphatic heterocycles. The van der Waals surface area contributed by atoms with Crippen molar-refractivity contribution < 1.29 is 23.8 Å². The number of halogens is 1. The molecule has 6 rings (SSSR count). The van der Waals surface area contributed by atoms with Crippen LogP contribution in [0.1, 0.15) is 66.4 Å². The van der Waals surface area contributed by atoms with Crippen molar-refractivity contribution >= 4 is 28.3 Å². The van der Waals surface area contributed by atoms with E-state index in [1.807, 2.05) is 35.4 Å². The number of rotatable bonds is 7. The highest BCUT2D eigenvalue weighted by molar-refractivity contribution is 7.14. The highest BCUT2D eigenvalue weighted by Gasteiger charge is 2.44. The number of aliphatic carboxylic acids is 1. The number of anilines is 1. The Hall–Kier alpha value is -3.46. The fourth-order valence-corrected chi connectivity index (χ4v) is 7.42. The van der Waals surface area contributed by atoms with E-state index < -0.39 is 5.97 Å². The van der Waals surface area contributed by atoms with Crippen LogP contribution in [0.5, 0.6) is 5.75 Å². The second kappa shape index (κ2) is 11.2. The topological polar surface area (TPSA) is 83.0 Å². The third-order valence-corrected chi connectivity index (χ3v) is 9.48. The predicted molar refractivity (Wildman–Crippen MR) is 152 cm³/mol. The van der Waals surface area contributed by atoms with Gasteiger partial charge in [0.25, 0.3) is 5.91 Å². The van der Waals surface area contributed by atoms with Gasteiger partial charge in [0.15, 0.2) is 5.13 Å². The fraction of sp³-hybridized carbons (Fsp3) is 0.452. The second-order valence-electron chi connectivity index (χ2n) is 11.2. The first-order valence-corrected chi connectivity index (χ1v) is 15.0. The molecule has 7 nitrogen and oxygen atoms in total. The van der Waals surface area contributed by atoms with Gasteiger partial charge in [0.05, 0.1) is 11.6 Å². The molecule has 9 heteroatoms. The first-order valence-electron chi connectivity index (χ1n) is 14.2. The molecule has 3 fully saturated rings. The third-order valence-electron chi connectivity index (χ3n) is 8.63. The van der Waals surface area contributed by atoms with Gasteiger partial charge >= 0.3 is 5.97 Å². The van der Waals surface area contributed by atoms with Crippen molar-refractivity contribution in [3.05, 3.63) is 64.3 Å². The van der Waals surface area contributed by atoms with Crippen molar-refractivity contribution in [2.24, 2.45) is 5.92 Å². The lowest BCUT2D eigenvalue weighted by molar-refractivity contribution is -0.142. The number of hydrogen-bond donors (Lipinski definition) is 1. The van der Waals surface area contributed by atoms with Gasteiger partial charge in [-0.3, -0.25) is 9.59 Å². The lowest BCUT2D eigenvalue weighted by Crippen LogP contribution is -2.44. The van der Waals surface area contributed by atoms with Crippen LogP contribution in [0.25, 0.3) is 11.3 Å². The van der Waals surface area contributed by atoms with Gasteiger partial charge in [-0.1, -0.05) is 6.07 Å². The first-order chi connectivity index (χ1) is 19.4. The maximum absolute atomic E-state index is 14.4. The number of hydrogen-bond acceptors (Lipinski definition) is 6. The average molecular weight is 564 g/mol. The number of carbonyl (C=O) groups excluding carboxylic acids is 1. The molecule has 0 radical (unpaired) electrons. The number of carboxylic acids is 1. The molecule has 3 aromatic rings. The largest absolute Gasteiger partial charge is 0.488 e. The number of fused-ring (bicyclic) bond motifs is 2. The van der Waals surface area contributed by atoms with E-state index in [1.54, 1.807) is 6.07 Å². The summed E-state index contributed by atoms with van der Waals surface area (Å²) in [6.45, 7) is 3.89. The van der Waals surface area contributed by atoms with Gasteiger partial charge < -0.3 is 19.6 Å². The van der Waals surface area contributed by atoms with Crippen LogP contribution in [-0.2, 0) is 11.4 Å². The van der Waals surface area contributed by atoms with Crippen LogP contribution in [-0.4, -0.2) is 52.0 Å². The molecular weight excluding hydrogens is 529 g/mol. The van der Waals surface area contributed by atoms with E-state index in [1.165, 1.54) is 29.9 Å². The van der Waals surface area contributed by atoms with E-state index in [0.29, 0.717) is 35.4 Å². The Kier molecular flexibility index (Phi) is 7.49. The molecule has 3 aliphatic rings. The average Bonchev–Trinajstić information content (AvgIpc) is 3.54. The molecule has 2 atom stereocenters. The number of likely N-dealkylation sites (tertiary alicyclic amines) is 1. The normalized spacial score (nSPS) is 22.4. The Morgan fingerprint density at radius 2 is 1.82 bits per heavy atom. The Labute approximate surface area is 237 Å². The van der Waals surface area contributed by atoms with E-state index in [0.717, 1.165) is 55.0 Å². The van der Waals surface area contributed by atoms with Crippen molar-refractivity contribution in [1.82, 2.24) is 9.88 Å². The Bertz CT molecular complexity index is 1410. The SMILES string of the molecule is Cc1cc(C(=O)N2CCCCC2)ccc1COc1ccc(F)cc1-c1csc(N2C3CCC2CC(C(=O)O)C3)n1. The van der Waals surface area contributed by atoms with Crippen LogP contribution in [0.15, 0.2) is 41.8 Å². The van der Waals surface area contributed by atoms with Crippen LogP contribution in [0.4, 0.5) is 9.52 Å². The lowest BCUT2D eigenvalue weighted by atomic mass is 9.91. The van der Waals surface area contributed by atoms with E-state index in [4.69, 9.17) is 9.72 Å². The number of nitrogens with zero attached hydrogens (tertiary/aromatic N) is 3. The Balaban J connectivity index is 1.17. The van der Waals surface area contributed by atoms with Crippen molar-refractivity contribution in [3.8, 4) is 17.0 Å². The molecule has 2 unspecified atom stereocenters. The van der Waals surface area contributed by atoms with Crippen molar-refractivity contribution in [3.63, 3.8) is 0 Å². The zero-order valence-corrected chi connectivity index (χ0v) is 23.5. The number of thiazole rings is 1.